The van der Waals surface area contributed by atoms with Crippen LogP contribution in [0.4, 0.5) is 4.39 Å². The van der Waals surface area contributed by atoms with Gasteiger partial charge in [-0.1, -0.05) is 27.5 Å². The van der Waals surface area contributed by atoms with Crippen molar-refractivity contribution in [3.05, 3.63) is 28.5 Å². The van der Waals surface area contributed by atoms with Crippen LogP contribution in [0.25, 0.3) is 0 Å². The van der Waals surface area contributed by atoms with Gasteiger partial charge in [-0.3, -0.25) is 4.79 Å². The van der Waals surface area contributed by atoms with Gasteiger partial charge in [0.1, 0.15) is 0 Å². The van der Waals surface area contributed by atoms with Gasteiger partial charge in [0.25, 0.3) is 0 Å². The first-order chi connectivity index (χ1) is 6.60. The van der Waals surface area contributed by atoms with E-state index in [-0.39, 0.29) is 27.4 Å². The SMILES string of the molecule is COc1cc(C(=O)CBr)c(Cl)cc1F. The largest absolute Gasteiger partial charge is 0.494 e. The van der Waals surface area contributed by atoms with Crippen molar-refractivity contribution >= 4 is 33.3 Å². The highest BCUT2D eigenvalue weighted by atomic mass is 79.9. The van der Waals surface area contributed by atoms with E-state index in [0.29, 0.717) is 0 Å². The van der Waals surface area contributed by atoms with Gasteiger partial charge in [0.15, 0.2) is 17.3 Å². The monoisotopic (exact) mass is 280 g/mol. The summed E-state index contributed by atoms with van der Waals surface area (Å²) in [6.07, 6.45) is 0. The van der Waals surface area contributed by atoms with Crippen molar-refractivity contribution in [3.63, 3.8) is 0 Å². The van der Waals surface area contributed by atoms with E-state index in [4.69, 9.17) is 16.3 Å². The van der Waals surface area contributed by atoms with Crippen LogP contribution in [-0.2, 0) is 0 Å². The van der Waals surface area contributed by atoms with Crippen LogP contribution < -0.4 is 4.74 Å². The number of Topliss-reactive ketones (excluding diaryl/α,β-unsaturated/α-hetero) is 1. The molecule has 0 bridgehead atoms. The van der Waals surface area contributed by atoms with Gasteiger partial charge in [0.05, 0.1) is 17.5 Å². The van der Waals surface area contributed by atoms with E-state index in [1.54, 1.807) is 0 Å². The number of benzene rings is 1. The summed E-state index contributed by atoms with van der Waals surface area (Å²) in [5.74, 6) is -0.782. The minimum Gasteiger partial charge on any atom is -0.494 e. The number of carbonyl (C=O) groups excluding carboxylic acids is 1. The first-order valence-electron chi connectivity index (χ1n) is 3.72. The third kappa shape index (κ3) is 2.25. The minimum atomic E-state index is -0.580. The van der Waals surface area contributed by atoms with Crippen LogP contribution in [0.15, 0.2) is 12.1 Å². The lowest BCUT2D eigenvalue weighted by Gasteiger charge is -2.06. The topological polar surface area (TPSA) is 26.3 Å². The van der Waals surface area contributed by atoms with Crippen molar-refractivity contribution in [1.82, 2.24) is 0 Å². The highest BCUT2D eigenvalue weighted by molar-refractivity contribution is 9.09. The van der Waals surface area contributed by atoms with E-state index in [0.717, 1.165) is 6.07 Å². The molecule has 0 atom stereocenters. The van der Waals surface area contributed by atoms with Gasteiger partial charge in [-0.25, -0.2) is 4.39 Å². The van der Waals surface area contributed by atoms with Crippen LogP contribution in [-0.4, -0.2) is 18.2 Å². The lowest BCUT2D eigenvalue weighted by molar-refractivity contribution is 0.102. The van der Waals surface area contributed by atoms with Gasteiger partial charge < -0.3 is 4.74 Å². The molecule has 0 unspecified atom stereocenters. The Kier molecular flexibility index (Phi) is 3.89. The molecule has 5 heteroatoms. The Bertz CT molecular complexity index is 368. The third-order valence-electron chi connectivity index (χ3n) is 1.66. The first-order valence-corrected chi connectivity index (χ1v) is 5.22. The summed E-state index contributed by atoms with van der Waals surface area (Å²) < 4.78 is 17.8. The van der Waals surface area contributed by atoms with E-state index in [9.17, 15) is 9.18 Å². The molecule has 0 N–H and O–H groups in total. The maximum absolute atomic E-state index is 13.1. The van der Waals surface area contributed by atoms with Gasteiger partial charge in [-0.05, 0) is 12.1 Å². The molecule has 0 aliphatic rings. The van der Waals surface area contributed by atoms with Crippen LogP contribution >= 0.6 is 27.5 Å². The van der Waals surface area contributed by atoms with Crippen molar-refractivity contribution in [2.75, 3.05) is 12.4 Å². The molecule has 0 fully saturated rings. The lowest BCUT2D eigenvalue weighted by atomic mass is 10.1. The number of methoxy groups -OCH3 is 1. The second-order valence-corrected chi connectivity index (χ2v) is 3.49. The average Bonchev–Trinajstić information content (AvgIpc) is 2.17. The summed E-state index contributed by atoms with van der Waals surface area (Å²) in [5, 5.41) is 0.231. The Morgan fingerprint density at radius 3 is 2.79 bits per heavy atom. The molecule has 0 amide bonds. The van der Waals surface area contributed by atoms with Gasteiger partial charge in [-0.2, -0.15) is 0 Å². The number of hydrogen-bond donors (Lipinski definition) is 0. The van der Waals surface area contributed by atoms with Gasteiger partial charge in [0, 0.05) is 5.56 Å². The number of ketones is 1. The standard InChI is InChI=1S/C9H7BrClFO2/c1-14-9-2-5(8(13)4-10)6(11)3-7(9)12/h2-3H,4H2,1H3. The summed E-state index contributed by atoms with van der Waals surface area (Å²) in [4.78, 5) is 11.3. The van der Waals surface area contributed by atoms with Crippen molar-refractivity contribution in [2.45, 2.75) is 0 Å². The minimum absolute atomic E-state index is 0.0127. The van der Waals surface area contributed by atoms with Crippen LogP contribution in [0.2, 0.25) is 5.02 Å². The molecule has 0 aliphatic heterocycles. The second kappa shape index (κ2) is 4.75. The van der Waals surface area contributed by atoms with Crippen molar-refractivity contribution < 1.29 is 13.9 Å². The molecule has 14 heavy (non-hydrogen) atoms. The maximum Gasteiger partial charge on any atom is 0.175 e. The summed E-state index contributed by atoms with van der Waals surface area (Å²) in [5.41, 5.74) is 0.252. The summed E-state index contributed by atoms with van der Waals surface area (Å²) >= 11 is 8.70. The number of halogens is 3. The zero-order valence-corrected chi connectivity index (χ0v) is 9.65. The number of rotatable bonds is 3. The van der Waals surface area contributed by atoms with Crippen LogP contribution in [0, 0.1) is 5.82 Å². The number of carbonyl (C=O) groups is 1. The molecule has 0 saturated carbocycles. The summed E-state index contributed by atoms with van der Waals surface area (Å²) in [6, 6.07) is 2.36. The van der Waals surface area contributed by atoms with E-state index >= 15 is 0 Å². The second-order valence-electron chi connectivity index (χ2n) is 2.52. The Morgan fingerprint density at radius 1 is 1.64 bits per heavy atom. The molecule has 76 valence electrons. The normalized spacial score (nSPS) is 10.0. The molecule has 2 nitrogen and oxygen atoms in total. The van der Waals surface area contributed by atoms with E-state index in [2.05, 4.69) is 15.9 Å². The fraction of sp³-hybridized carbons (Fsp3) is 0.222. The van der Waals surface area contributed by atoms with Crippen molar-refractivity contribution in [2.24, 2.45) is 0 Å². The van der Waals surface area contributed by atoms with Crippen LogP contribution in [0.5, 0.6) is 5.75 Å². The zero-order chi connectivity index (χ0) is 10.7. The molecule has 0 heterocycles. The molecular weight excluding hydrogens is 274 g/mol. The first kappa shape index (κ1) is 11.5. The highest BCUT2D eigenvalue weighted by Gasteiger charge is 2.13. The fourth-order valence-corrected chi connectivity index (χ4v) is 1.53. The molecule has 0 saturated heterocycles. The van der Waals surface area contributed by atoms with Crippen LogP contribution in [0.1, 0.15) is 10.4 Å². The predicted molar refractivity (Wildman–Crippen MR) is 56.1 cm³/mol. The Morgan fingerprint density at radius 2 is 2.29 bits per heavy atom. The van der Waals surface area contributed by atoms with E-state index in [1.807, 2.05) is 0 Å². The van der Waals surface area contributed by atoms with Gasteiger partial charge >= 0.3 is 0 Å². The maximum atomic E-state index is 13.1. The van der Waals surface area contributed by atoms with Gasteiger partial charge in [-0.15, -0.1) is 0 Å². The lowest BCUT2D eigenvalue weighted by Crippen LogP contribution is -2.02. The Balaban J connectivity index is 3.24. The molecular formula is C9H7BrClFO2. The van der Waals surface area contributed by atoms with Crippen molar-refractivity contribution in [1.29, 1.82) is 0 Å². The molecule has 0 spiro atoms. The molecule has 0 aromatic heterocycles. The fourth-order valence-electron chi connectivity index (χ4n) is 0.971. The zero-order valence-electron chi connectivity index (χ0n) is 7.31. The van der Waals surface area contributed by atoms with Crippen LogP contribution in [0.3, 0.4) is 0 Å². The third-order valence-corrected chi connectivity index (χ3v) is 2.49. The smallest absolute Gasteiger partial charge is 0.175 e. The number of alkyl halides is 1. The Labute approximate surface area is 94.1 Å². The predicted octanol–water partition coefficient (Wildman–Crippen LogP) is 3.07. The van der Waals surface area contributed by atoms with Crippen molar-refractivity contribution in [3.8, 4) is 5.75 Å². The quantitative estimate of drug-likeness (QED) is 0.629. The molecule has 0 aliphatic carbocycles. The van der Waals surface area contributed by atoms with E-state index in [1.165, 1.54) is 13.2 Å². The summed E-state index contributed by atoms with van der Waals surface area (Å²) in [6.45, 7) is 0. The average molecular weight is 282 g/mol. The molecule has 1 aromatic rings. The van der Waals surface area contributed by atoms with E-state index < -0.39 is 5.82 Å². The Hall–Kier alpha value is -0.610. The highest BCUT2D eigenvalue weighted by Crippen LogP contribution is 2.26. The molecule has 1 rings (SSSR count). The summed E-state index contributed by atoms with van der Waals surface area (Å²) in [7, 11) is 1.33. The molecule has 1 aromatic carbocycles. The molecule has 0 radical (unpaired) electrons. The number of hydrogen-bond acceptors (Lipinski definition) is 2. The van der Waals surface area contributed by atoms with Gasteiger partial charge in [0.2, 0.25) is 0 Å². The number of ether oxygens (including phenoxy) is 1.